The summed E-state index contributed by atoms with van der Waals surface area (Å²) in [5.74, 6) is -1.74. The number of nitro groups is 1. The van der Waals surface area contributed by atoms with Crippen LogP contribution in [0.4, 0.5) is 10.5 Å². The molecular weight excluding hydrogens is 635 g/mol. The van der Waals surface area contributed by atoms with Crippen LogP contribution in [0.3, 0.4) is 0 Å². The summed E-state index contributed by atoms with van der Waals surface area (Å²) in [7, 11) is 0. The average Bonchev–Trinajstić information content (AvgIpc) is 2.96. The number of carbonyl (C=O) groups is 4. The van der Waals surface area contributed by atoms with E-state index in [0.717, 1.165) is 0 Å². The molecule has 0 bridgehead atoms. The van der Waals surface area contributed by atoms with Crippen molar-refractivity contribution in [1.29, 1.82) is 0 Å². The summed E-state index contributed by atoms with van der Waals surface area (Å²) < 4.78 is 8.45. The molecule has 4 rings (SSSR count). The highest BCUT2D eigenvalue weighted by molar-refractivity contribution is 8.00. The molecule has 0 radical (unpaired) electrons. The molecule has 2 fully saturated rings. The quantitative estimate of drug-likeness (QED) is 0.102. The summed E-state index contributed by atoms with van der Waals surface area (Å²) in [6, 6.07) is 10.4. The maximum absolute atomic E-state index is 13.4. The Morgan fingerprint density at radius 2 is 1.79 bits per heavy atom. The number of amides is 3. The number of hydrogen-bond donors (Lipinski definition) is 2. The lowest BCUT2D eigenvalue weighted by Crippen LogP contribution is -2.75. The zero-order valence-corrected chi connectivity index (χ0v) is 24.6. The number of ether oxygens (including phenoxy) is 2. The Labute approximate surface area is 258 Å². The zero-order chi connectivity index (χ0) is 30.6. The molecule has 222 valence electrons. The molecule has 0 aliphatic carbocycles. The van der Waals surface area contributed by atoms with Crippen LogP contribution in [0.15, 0.2) is 66.7 Å². The van der Waals surface area contributed by atoms with Gasteiger partial charge in [0.1, 0.15) is 30.7 Å². The Morgan fingerprint density at radius 3 is 2.40 bits per heavy atom. The van der Waals surface area contributed by atoms with E-state index in [9.17, 15) is 29.3 Å². The summed E-state index contributed by atoms with van der Waals surface area (Å²) in [6.45, 7) is 3.13. The molecule has 2 N–H and O–H groups in total. The van der Waals surface area contributed by atoms with Crippen LogP contribution in [0.2, 0.25) is 0 Å². The number of nitro benzene ring substituents is 1. The lowest BCUT2D eigenvalue weighted by molar-refractivity contribution is -0.384. The number of alkyl carbamates (subject to hydrolysis) is 1. The third kappa shape index (κ3) is 7.46. The molecule has 2 aliphatic heterocycles. The zero-order valence-electron chi connectivity index (χ0n) is 21.5. The van der Waals surface area contributed by atoms with Gasteiger partial charge in [0, 0.05) is 17.9 Å². The van der Waals surface area contributed by atoms with Gasteiger partial charge in [-0.2, -0.15) is 0 Å². The summed E-state index contributed by atoms with van der Waals surface area (Å²) >= 11 is 18.3. The molecular formula is C26H23Cl3N4O8S. The van der Waals surface area contributed by atoms with Crippen LogP contribution in [0, 0.1) is 10.1 Å². The number of esters is 1. The fourth-order valence-corrected chi connectivity index (χ4v) is 5.72. The highest BCUT2D eigenvalue weighted by Crippen LogP contribution is 2.40. The molecule has 2 aromatic rings. The first-order valence-corrected chi connectivity index (χ1v) is 14.4. The Morgan fingerprint density at radius 1 is 1.12 bits per heavy atom. The van der Waals surface area contributed by atoms with Crippen molar-refractivity contribution in [1.82, 2.24) is 15.5 Å². The molecule has 2 heterocycles. The predicted molar refractivity (Wildman–Crippen MR) is 155 cm³/mol. The molecule has 4 atom stereocenters. The maximum Gasteiger partial charge on any atom is 0.408 e. The van der Waals surface area contributed by atoms with Crippen molar-refractivity contribution in [2.45, 2.75) is 33.9 Å². The minimum absolute atomic E-state index is 0.111. The molecule has 0 spiro atoms. The van der Waals surface area contributed by atoms with Crippen molar-refractivity contribution >= 4 is 76.1 Å². The van der Waals surface area contributed by atoms with Crippen LogP contribution in [-0.2, 0) is 30.5 Å². The monoisotopic (exact) mass is 656 g/mol. The van der Waals surface area contributed by atoms with Gasteiger partial charge in [-0.1, -0.05) is 71.7 Å². The van der Waals surface area contributed by atoms with Crippen molar-refractivity contribution in [3.05, 3.63) is 88.0 Å². The van der Waals surface area contributed by atoms with E-state index >= 15 is 0 Å². The van der Waals surface area contributed by atoms with Crippen molar-refractivity contribution in [2.24, 2.45) is 0 Å². The Balaban J connectivity index is 1.41. The number of carbonyl (C=O) groups excluding carboxylic acids is 4. The van der Waals surface area contributed by atoms with E-state index in [1.165, 1.54) is 40.9 Å². The average molecular weight is 658 g/mol. The molecule has 42 heavy (non-hydrogen) atoms. The molecule has 2 aliphatic rings. The smallest absolute Gasteiger partial charge is 0.408 e. The SMILES string of the molecule is C=C1CS[C@H]2C(NC(=O)C(NC(=O)OCc3ccc([N+](=O)[O-])cc3)c3ccccc3)C(=O)N2C1C(=O)OCC(Cl)(Cl)Cl. The standard InChI is InChI=1S/C26H23Cl3N4O8S/c1-14-12-42-23-19(22(35)32(23)20(14)24(36)41-13-26(27,28)29)30-21(34)18(16-5-3-2-4-6-16)31-25(37)40-11-15-7-9-17(10-8-15)33(38)39/h2-10,18-20,23H,1,11-13H2,(H,30,34)(H,31,37)/t18?,19?,20?,23-/m0/s1. The molecule has 2 aromatic carbocycles. The number of rotatable bonds is 9. The number of fused-ring (bicyclic) bond motifs is 1. The normalized spacial score (nSPS) is 20.5. The van der Waals surface area contributed by atoms with Gasteiger partial charge in [0.15, 0.2) is 6.04 Å². The first-order chi connectivity index (χ1) is 19.9. The van der Waals surface area contributed by atoms with E-state index in [-0.39, 0.29) is 12.3 Å². The van der Waals surface area contributed by atoms with Gasteiger partial charge in [0.2, 0.25) is 15.6 Å². The van der Waals surface area contributed by atoms with Crippen LogP contribution in [0.5, 0.6) is 0 Å². The summed E-state index contributed by atoms with van der Waals surface area (Å²) in [5.41, 5.74) is 1.22. The van der Waals surface area contributed by atoms with E-state index in [4.69, 9.17) is 44.3 Å². The van der Waals surface area contributed by atoms with Gasteiger partial charge in [-0.3, -0.25) is 19.7 Å². The molecule has 0 saturated carbocycles. The fourth-order valence-electron chi connectivity index (χ4n) is 4.25. The Hall–Kier alpha value is -3.52. The van der Waals surface area contributed by atoms with E-state index in [2.05, 4.69) is 17.2 Å². The number of thioether (sulfide) groups is 1. The number of hydrogen-bond acceptors (Lipinski definition) is 9. The van der Waals surface area contributed by atoms with E-state index in [0.29, 0.717) is 22.5 Å². The molecule has 0 aromatic heterocycles. The lowest BCUT2D eigenvalue weighted by atomic mass is 9.97. The van der Waals surface area contributed by atoms with Gasteiger partial charge in [-0.05, 0) is 28.8 Å². The van der Waals surface area contributed by atoms with Crippen molar-refractivity contribution in [2.75, 3.05) is 12.4 Å². The largest absolute Gasteiger partial charge is 0.459 e. The summed E-state index contributed by atoms with van der Waals surface area (Å²) in [4.78, 5) is 63.4. The van der Waals surface area contributed by atoms with Crippen LogP contribution < -0.4 is 10.6 Å². The second kappa shape index (κ2) is 13.2. The molecule has 3 unspecified atom stereocenters. The molecule has 2 saturated heterocycles. The van der Waals surface area contributed by atoms with Gasteiger partial charge < -0.3 is 25.0 Å². The van der Waals surface area contributed by atoms with Gasteiger partial charge >= 0.3 is 12.1 Å². The summed E-state index contributed by atoms with van der Waals surface area (Å²) in [6.07, 6.45) is -0.931. The van der Waals surface area contributed by atoms with Gasteiger partial charge in [-0.15, -0.1) is 11.8 Å². The third-order valence-electron chi connectivity index (χ3n) is 6.26. The number of nitrogens with zero attached hydrogens (tertiary/aromatic N) is 2. The minimum Gasteiger partial charge on any atom is -0.459 e. The Kier molecular flexibility index (Phi) is 9.87. The lowest BCUT2D eigenvalue weighted by Gasteiger charge is -2.52. The number of nitrogens with one attached hydrogen (secondary N) is 2. The Bertz CT molecular complexity index is 1390. The predicted octanol–water partition coefficient (Wildman–Crippen LogP) is 3.80. The maximum atomic E-state index is 13.4. The highest BCUT2D eigenvalue weighted by Gasteiger charge is 2.57. The number of alkyl halides is 3. The van der Waals surface area contributed by atoms with Gasteiger partial charge in [-0.25, -0.2) is 9.59 Å². The van der Waals surface area contributed by atoms with Crippen LogP contribution in [0.25, 0.3) is 0 Å². The topological polar surface area (TPSA) is 157 Å². The second-order valence-corrected chi connectivity index (χ2v) is 12.8. The molecule has 3 amide bonds. The first kappa shape index (κ1) is 31.4. The molecule has 12 nitrogen and oxygen atoms in total. The van der Waals surface area contributed by atoms with Crippen LogP contribution in [0.1, 0.15) is 17.2 Å². The van der Waals surface area contributed by atoms with E-state index < -0.39 is 62.7 Å². The number of benzene rings is 2. The van der Waals surface area contributed by atoms with Crippen molar-refractivity contribution < 1.29 is 33.6 Å². The minimum atomic E-state index is -1.84. The van der Waals surface area contributed by atoms with E-state index in [1.54, 1.807) is 30.3 Å². The van der Waals surface area contributed by atoms with Gasteiger partial charge in [0.05, 0.1) is 4.92 Å². The number of non-ortho nitro benzene ring substituents is 1. The second-order valence-electron chi connectivity index (χ2n) is 9.20. The fraction of sp³-hybridized carbons (Fsp3) is 0.308. The van der Waals surface area contributed by atoms with Crippen LogP contribution >= 0.6 is 46.6 Å². The van der Waals surface area contributed by atoms with Crippen molar-refractivity contribution in [3.8, 4) is 0 Å². The number of β-lactam (4-membered cyclic amide) rings is 1. The van der Waals surface area contributed by atoms with Crippen molar-refractivity contribution in [3.63, 3.8) is 0 Å². The first-order valence-electron chi connectivity index (χ1n) is 12.2. The number of halogens is 3. The third-order valence-corrected chi connectivity index (χ3v) is 7.96. The van der Waals surface area contributed by atoms with Crippen LogP contribution in [-0.4, -0.2) is 67.3 Å². The van der Waals surface area contributed by atoms with E-state index in [1.807, 2.05) is 0 Å². The van der Waals surface area contributed by atoms with Gasteiger partial charge in [0.25, 0.3) is 5.69 Å². The summed E-state index contributed by atoms with van der Waals surface area (Å²) in [5, 5.41) is 15.4. The molecule has 16 heteroatoms. The highest BCUT2D eigenvalue weighted by atomic mass is 35.6.